The van der Waals surface area contributed by atoms with Crippen molar-refractivity contribution in [3.63, 3.8) is 0 Å². The Morgan fingerprint density at radius 3 is 2.47 bits per heavy atom. The van der Waals surface area contributed by atoms with Gasteiger partial charge in [0.25, 0.3) is 0 Å². The fourth-order valence-corrected chi connectivity index (χ4v) is 10.2. The first kappa shape index (κ1) is 32.5. The lowest BCUT2D eigenvalue weighted by Crippen LogP contribution is -2.33. The Kier molecular flexibility index (Phi) is 7.35. The van der Waals surface area contributed by atoms with Crippen molar-refractivity contribution < 1.29 is 4.42 Å². The minimum absolute atomic E-state index is 0.245. The highest BCUT2D eigenvalue weighted by Gasteiger charge is 2.25. The fraction of sp³-hybridized carbons (Fsp3) is 0.0980. The van der Waals surface area contributed by atoms with Gasteiger partial charge < -0.3 is 14.3 Å². The number of furan rings is 1. The normalized spacial score (nSPS) is 16.6. The zero-order valence-corrected chi connectivity index (χ0v) is 31.9. The van der Waals surface area contributed by atoms with Crippen LogP contribution in [0.15, 0.2) is 172 Å². The number of amidine groups is 2. The number of hydrogen-bond acceptors (Lipinski definition) is 5. The molecule has 1 atom stereocenters. The van der Waals surface area contributed by atoms with Gasteiger partial charge in [-0.3, -0.25) is 0 Å². The molecule has 0 saturated heterocycles. The average Bonchev–Trinajstić information content (AvgIpc) is 3.96. The summed E-state index contributed by atoms with van der Waals surface area (Å²) in [4.78, 5) is 10.3. The maximum atomic E-state index is 6.76. The number of para-hydroxylation sites is 2. The van der Waals surface area contributed by atoms with Crippen LogP contribution in [-0.2, 0) is 6.42 Å². The highest BCUT2D eigenvalue weighted by Crippen LogP contribution is 2.43. The van der Waals surface area contributed by atoms with Crippen molar-refractivity contribution in [3.8, 4) is 16.8 Å². The largest absolute Gasteiger partial charge is 0.455 e. The van der Waals surface area contributed by atoms with E-state index in [1.54, 1.807) is 0 Å². The van der Waals surface area contributed by atoms with Crippen LogP contribution in [0.25, 0.3) is 75.9 Å². The second kappa shape index (κ2) is 12.9. The van der Waals surface area contributed by atoms with Crippen LogP contribution in [0.3, 0.4) is 0 Å². The lowest BCUT2D eigenvalue weighted by atomic mass is 9.98. The van der Waals surface area contributed by atoms with Crippen molar-refractivity contribution in [1.29, 1.82) is 0 Å². The summed E-state index contributed by atoms with van der Waals surface area (Å²) in [5, 5.41) is 9.68. The molecule has 9 aromatic rings. The third-order valence-corrected chi connectivity index (χ3v) is 12.9. The Balaban J connectivity index is 0.993. The molecule has 1 unspecified atom stereocenters. The summed E-state index contributed by atoms with van der Waals surface area (Å²) < 4.78 is 11.7. The SMILES string of the molecule is C1=CC(C2=NC(c3ccccc3)NC(c3cccc4sc5ccc(-c6cccc7c6oc6ccc(-n8c9c(c%10ccccc%108)C=CCC9)cc67)cc5c34)=N2)=CCC1. The van der Waals surface area contributed by atoms with Crippen LogP contribution in [0.5, 0.6) is 0 Å². The number of rotatable bonds is 5. The van der Waals surface area contributed by atoms with Gasteiger partial charge in [-0.05, 0) is 79.3 Å². The zero-order chi connectivity index (χ0) is 37.5. The number of aromatic nitrogens is 1. The molecule has 57 heavy (non-hydrogen) atoms. The van der Waals surface area contributed by atoms with E-state index in [2.05, 4.69) is 162 Å². The van der Waals surface area contributed by atoms with E-state index in [-0.39, 0.29) is 6.17 Å². The number of allylic oxidation sites excluding steroid dienone is 3. The molecule has 5 nitrogen and oxygen atoms in total. The van der Waals surface area contributed by atoms with E-state index in [4.69, 9.17) is 14.4 Å². The monoisotopic (exact) mass is 752 g/mol. The van der Waals surface area contributed by atoms with Crippen molar-refractivity contribution in [2.24, 2.45) is 9.98 Å². The first-order valence-electron chi connectivity index (χ1n) is 19.8. The molecular weight excluding hydrogens is 717 g/mol. The molecule has 0 amide bonds. The third-order valence-electron chi connectivity index (χ3n) is 11.8. The van der Waals surface area contributed by atoms with Gasteiger partial charge in [0.05, 0.1) is 5.52 Å². The molecule has 272 valence electrons. The predicted octanol–water partition coefficient (Wildman–Crippen LogP) is 13.2. The summed E-state index contributed by atoms with van der Waals surface area (Å²) in [6.07, 6.45) is 15.1. The molecule has 3 aromatic heterocycles. The quantitative estimate of drug-likeness (QED) is 0.190. The van der Waals surface area contributed by atoms with Crippen molar-refractivity contribution in [2.45, 2.75) is 31.8 Å². The second-order valence-corrected chi connectivity index (χ2v) is 16.2. The van der Waals surface area contributed by atoms with E-state index in [1.807, 2.05) is 17.4 Å². The molecule has 6 aromatic carbocycles. The molecule has 12 rings (SSSR count). The average molecular weight is 753 g/mol. The number of hydrogen-bond donors (Lipinski definition) is 1. The summed E-state index contributed by atoms with van der Waals surface area (Å²) in [6, 6.07) is 45.9. The Labute approximate surface area is 333 Å². The van der Waals surface area contributed by atoms with Gasteiger partial charge in [-0.1, -0.05) is 115 Å². The summed E-state index contributed by atoms with van der Waals surface area (Å²) in [5.74, 6) is 1.61. The number of fused-ring (bicyclic) bond motifs is 9. The van der Waals surface area contributed by atoms with Gasteiger partial charge in [-0.15, -0.1) is 11.3 Å². The van der Waals surface area contributed by atoms with Crippen LogP contribution >= 0.6 is 11.3 Å². The molecular formula is C51H36N4OS. The first-order valence-corrected chi connectivity index (χ1v) is 20.6. The van der Waals surface area contributed by atoms with Gasteiger partial charge in [-0.25, -0.2) is 9.98 Å². The van der Waals surface area contributed by atoms with Crippen molar-refractivity contribution >= 4 is 82.1 Å². The van der Waals surface area contributed by atoms with Crippen LogP contribution in [0.1, 0.15) is 47.8 Å². The van der Waals surface area contributed by atoms with Crippen LogP contribution in [0, 0.1) is 0 Å². The third kappa shape index (κ3) is 5.21. The molecule has 0 fully saturated rings. The zero-order valence-electron chi connectivity index (χ0n) is 31.1. The molecule has 2 aliphatic carbocycles. The number of aliphatic imine (C=N–C) groups is 2. The molecule has 0 spiro atoms. The van der Waals surface area contributed by atoms with Crippen LogP contribution in [0.2, 0.25) is 0 Å². The fourth-order valence-electron chi connectivity index (χ4n) is 9.11. The Bertz CT molecular complexity index is 3280. The van der Waals surface area contributed by atoms with Gasteiger partial charge in [0.15, 0.2) is 5.84 Å². The van der Waals surface area contributed by atoms with Gasteiger partial charge in [0.1, 0.15) is 23.2 Å². The Hall–Kier alpha value is -6.76. The highest BCUT2D eigenvalue weighted by molar-refractivity contribution is 7.25. The van der Waals surface area contributed by atoms with Crippen LogP contribution in [-0.4, -0.2) is 16.2 Å². The Morgan fingerprint density at radius 1 is 0.684 bits per heavy atom. The molecule has 0 bridgehead atoms. The molecule has 0 radical (unpaired) electrons. The van der Waals surface area contributed by atoms with E-state index < -0.39 is 0 Å². The minimum atomic E-state index is -0.245. The van der Waals surface area contributed by atoms with Gasteiger partial charge in [-0.2, -0.15) is 0 Å². The topological polar surface area (TPSA) is 54.8 Å². The summed E-state index contributed by atoms with van der Waals surface area (Å²) in [6.45, 7) is 0. The van der Waals surface area contributed by atoms with Crippen molar-refractivity contribution in [1.82, 2.24) is 9.88 Å². The maximum Gasteiger partial charge on any atom is 0.159 e. The summed E-state index contributed by atoms with van der Waals surface area (Å²) >= 11 is 1.82. The molecule has 6 heteroatoms. The van der Waals surface area contributed by atoms with Gasteiger partial charge >= 0.3 is 0 Å². The summed E-state index contributed by atoms with van der Waals surface area (Å²) in [7, 11) is 0. The number of nitrogens with zero attached hydrogens (tertiary/aromatic N) is 3. The van der Waals surface area contributed by atoms with Crippen LogP contribution < -0.4 is 5.32 Å². The number of nitrogens with one attached hydrogen (secondary N) is 1. The molecule has 1 N–H and O–H groups in total. The lowest BCUT2D eigenvalue weighted by molar-refractivity contribution is 0.670. The van der Waals surface area contributed by atoms with E-state index >= 15 is 0 Å². The molecule has 0 saturated carbocycles. The molecule has 4 heterocycles. The van der Waals surface area contributed by atoms with Gasteiger partial charge in [0, 0.05) is 70.0 Å². The molecule has 3 aliphatic rings. The Morgan fingerprint density at radius 2 is 1.54 bits per heavy atom. The number of thiophene rings is 1. The standard InChI is InChI=1S/C51H36N4OS/c1-3-13-31(14-4-1)49-52-50(32-15-5-2-6-16-32)54-51(53-49)39-21-12-24-46-47(39)41-29-33(25-28-45(41)57-46)35-19-11-20-38-40-30-34(26-27-44(40)56-48(35)38)55-42-22-9-7-17-36(42)37-18-8-10-23-43(37)55/h1,3-5,7-9,11-22,24-30,49H,2,6,10,23H2,(H,52,53,54). The smallest absolute Gasteiger partial charge is 0.159 e. The van der Waals surface area contributed by atoms with Gasteiger partial charge in [0.2, 0.25) is 0 Å². The van der Waals surface area contributed by atoms with E-state index in [1.165, 1.54) is 48.0 Å². The first-order chi connectivity index (χ1) is 28.2. The predicted molar refractivity (Wildman–Crippen MR) is 239 cm³/mol. The second-order valence-electron chi connectivity index (χ2n) is 15.1. The number of benzene rings is 6. The van der Waals surface area contributed by atoms with E-state index in [9.17, 15) is 0 Å². The lowest BCUT2D eigenvalue weighted by Gasteiger charge is -2.24. The minimum Gasteiger partial charge on any atom is -0.455 e. The summed E-state index contributed by atoms with van der Waals surface area (Å²) in [5.41, 5.74) is 12.4. The van der Waals surface area contributed by atoms with Crippen molar-refractivity contribution in [3.05, 3.63) is 180 Å². The van der Waals surface area contributed by atoms with Crippen LogP contribution in [0.4, 0.5) is 0 Å². The highest BCUT2D eigenvalue weighted by atomic mass is 32.1. The maximum absolute atomic E-state index is 6.76. The van der Waals surface area contributed by atoms with E-state index in [0.29, 0.717) is 0 Å². The molecule has 1 aliphatic heterocycles. The van der Waals surface area contributed by atoms with E-state index in [0.717, 1.165) is 87.1 Å². The van der Waals surface area contributed by atoms with Crippen molar-refractivity contribution in [2.75, 3.05) is 0 Å².